The average Bonchev–Trinajstić information content (AvgIpc) is 3.15. The molecule has 1 aromatic carbocycles. The molecular weight excluding hydrogens is 508 g/mol. The van der Waals surface area contributed by atoms with Crippen LogP contribution in [0.3, 0.4) is 0 Å². The van der Waals surface area contributed by atoms with Crippen molar-refractivity contribution in [2.75, 3.05) is 6.61 Å². The van der Waals surface area contributed by atoms with Crippen molar-refractivity contribution in [3.8, 4) is 0 Å². The Kier molecular flexibility index (Phi) is 8.35. The smallest absolute Gasteiger partial charge is 0.338 e. The van der Waals surface area contributed by atoms with Crippen LogP contribution in [0.4, 0.5) is 0 Å². The van der Waals surface area contributed by atoms with E-state index in [4.69, 9.17) is 23.7 Å². The lowest BCUT2D eigenvalue weighted by Gasteiger charge is -2.43. The van der Waals surface area contributed by atoms with Gasteiger partial charge in [-0.2, -0.15) is 0 Å². The molecule has 0 aromatic heterocycles. The summed E-state index contributed by atoms with van der Waals surface area (Å²) in [6.45, 7) is 2.12. The largest absolute Gasteiger partial charge is 0.478 e. The number of fused-ring (bicyclic) bond motifs is 1. The Hall–Kier alpha value is -3.07. The Labute approximate surface area is 217 Å². The third-order valence-electron chi connectivity index (χ3n) is 7.14. The van der Waals surface area contributed by atoms with E-state index in [0.717, 1.165) is 13.2 Å². The quantitative estimate of drug-likeness (QED) is 0.270. The molecule has 1 aliphatic carbocycles. The van der Waals surface area contributed by atoms with Crippen molar-refractivity contribution >= 4 is 17.9 Å². The number of carbonyl (C=O) groups is 3. The molecule has 3 aliphatic rings. The highest BCUT2D eigenvalue weighted by Gasteiger charge is 2.61. The predicted octanol–water partition coefficient (Wildman–Crippen LogP) is -0.833. The van der Waals surface area contributed by atoms with Crippen molar-refractivity contribution in [3.63, 3.8) is 0 Å². The normalized spacial score (nSPS) is 38.4. The number of carboxylic acids is 1. The standard InChI is InChI=1S/C25H30O13/c1-10-15-16(21(20(10)35-11(2)27)37-23(33)12-6-4-3-5-7-12)13(22(31)32)9-34-24(15)38-25-19(30)18(29)17(28)14(8-26)36-25/h3-7,9-10,14-21,24-26,28-30H,8H2,1-2H3,(H,31,32)/t10-,14-,15-,16-,17+,18+,19+,20+,21-,24+,25+/m0/s1. The highest BCUT2D eigenvalue weighted by Crippen LogP contribution is 2.50. The van der Waals surface area contributed by atoms with Crippen molar-refractivity contribution in [1.82, 2.24) is 0 Å². The Morgan fingerprint density at radius 3 is 2.24 bits per heavy atom. The zero-order valence-corrected chi connectivity index (χ0v) is 20.5. The molecule has 0 bridgehead atoms. The second-order valence-corrected chi connectivity index (χ2v) is 9.49. The van der Waals surface area contributed by atoms with Crippen LogP contribution in [-0.4, -0.2) is 99.3 Å². The van der Waals surface area contributed by atoms with Gasteiger partial charge < -0.3 is 49.2 Å². The average molecular weight is 539 g/mol. The molecule has 1 aromatic rings. The number of esters is 2. The van der Waals surface area contributed by atoms with Gasteiger partial charge in [-0.3, -0.25) is 4.79 Å². The topological polar surface area (TPSA) is 199 Å². The summed E-state index contributed by atoms with van der Waals surface area (Å²) in [5, 5.41) is 50.0. The van der Waals surface area contributed by atoms with Gasteiger partial charge in [0.05, 0.1) is 24.0 Å². The van der Waals surface area contributed by atoms with Gasteiger partial charge in [0, 0.05) is 24.7 Å². The minimum atomic E-state index is -1.74. The summed E-state index contributed by atoms with van der Waals surface area (Å²) in [7, 11) is 0. The van der Waals surface area contributed by atoms with Gasteiger partial charge in [-0.15, -0.1) is 0 Å². The van der Waals surface area contributed by atoms with E-state index in [1.807, 2.05) is 0 Å². The van der Waals surface area contributed by atoms with Gasteiger partial charge in [-0.25, -0.2) is 9.59 Å². The molecule has 1 saturated carbocycles. The monoisotopic (exact) mass is 538 g/mol. The second kappa shape index (κ2) is 11.4. The molecule has 11 atom stereocenters. The summed E-state index contributed by atoms with van der Waals surface area (Å²) in [6.07, 6.45) is -10.6. The van der Waals surface area contributed by atoms with Crippen LogP contribution < -0.4 is 0 Å². The molecule has 2 heterocycles. The number of aliphatic hydroxyl groups excluding tert-OH is 4. The van der Waals surface area contributed by atoms with E-state index in [9.17, 15) is 39.9 Å². The van der Waals surface area contributed by atoms with E-state index in [1.165, 1.54) is 12.1 Å². The van der Waals surface area contributed by atoms with Gasteiger partial charge in [0.25, 0.3) is 0 Å². The van der Waals surface area contributed by atoms with Crippen LogP contribution in [0.25, 0.3) is 0 Å². The predicted molar refractivity (Wildman–Crippen MR) is 123 cm³/mol. The highest BCUT2D eigenvalue weighted by molar-refractivity contribution is 5.90. The van der Waals surface area contributed by atoms with Crippen LogP contribution in [0.1, 0.15) is 24.2 Å². The van der Waals surface area contributed by atoms with Crippen LogP contribution in [0.5, 0.6) is 0 Å². The van der Waals surface area contributed by atoms with E-state index in [2.05, 4.69) is 0 Å². The van der Waals surface area contributed by atoms with Crippen molar-refractivity contribution in [2.45, 2.75) is 63.1 Å². The van der Waals surface area contributed by atoms with Gasteiger partial charge in [-0.05, 0) is 12.1 Å². The molecule has 4 rings (SSSR count). The number of aliphatic carboxylic acids is 1. The Balaban J connectivity index is 1.67. The first kappa shape index (κ1) is 28.0. The van der Waals surface area contributed by atoms with Crippen LogP contribution in [0.15, 0.2) is 42.2 Å². The molecular formula is C25H30O13. The third-order valence-corrected chi connectivity index (χ3v) is 7.14. The highest BCUT2D eigenvalue weighted by atomic mass is 16.8. The summed E-state index contributed by atoms with van der Waals surface area (Å²) in [6, 6.07) is 7.99. The van der Waals surface area contributed by atoms with Crippen molar-refractivity contribution < 1.29 is 63.6 Å². The van der Waals surface area contributed by atoms with Crippen LogP contribution >= 0.6 is 0 Å². The van der Waals surface area contributed by atoms with Crippen molar-refractivity contribution in [3.05, 3.63) is 47.7 Å². The first-order chi connectivity index (χ1) is 18.0. The fourth-order valence-electron chi connectivity index (χ4n) is 5.28. The fraction of sp³-hybridized carbons (Fsp3) is 0.560. The fourth-order valence-corrected chi connectivity index (χ4v) is 5.28. The van der Waals surface area contributed by atoms with E-state index < -0.39 is 91.5 Å². The molecule has 1 saturated heterocycles. The number of ether oxygens (including phenoxy) is 5. The Morgan fingerprint density at radius 2 is 1.63 bits per heavy atom. The molecule has 38 heavy (non-hydrogen) atoms. The minimum absolute atomic E-state index is 0.201. The summed E-state index contributed by atoms with van der Waals surface area (Å²) in [5.41, 5.74) is -0.0526. The molecule has 13 nitrogen and oxygen atoms in total. The van der Waals surface area contributed by atoms with Gasteiger partial charge >= 0.3 is 17.9 Å². The molecule has 0 radical (unpaired) electrons. The maximum absolute atomic E-state index is 12.9. The summed E-state index contributed by atoms with van der Waals surface area (Å²) in [4.78, 5) is 37.1. The molecule has 13 heteroatoms. The zero-order chi connectivity index (χ0) is 27.7. The lowest BCUT2D eigenvalue weighted by molar-refractivity contribution is -0.343. The molecule has 5 N–H and O–H groups in total. The van der Waals surface area contributed by atoms with Crippen molar-refractivity contribution in [2.24, 2.45) is 17.8 Å². The van der Waals surface area contributed by atoms with E-state index in [0.29, 0.717) is 0 Å². The number of rotatable bonds is 7. The van der Waals surface area contributed by atoms with Gasteiger partial charge in [0.1, 0.15) is 36.6 Å². The lowest BCUT2D eigenvalue weighted by atomic mass is 9.82. The second-order valence-electron chi connectivity index (χ2n) is 9.49. The summed E-state index contributed by atoms with van der Waals surface area (Å²) >= 11 is 0. The molecule has 0 unspecified atom stereocenters. The molecule has 2 aliphatic heterocycles. The number of carboxylic acid groups (broad SMARTS) is 1. The SMILES string of the molecule is CC(=O)O[C@@H]1[C@@H](C)[C@@H]2[C@@H](O[C@H]3O[C@@H](CO)[C@@H](O)[C@@H](O)[C@H]3O)OC=C(C(=O)O)[C@@H]2[C@@H]1OC(=O)c1ccccc1. The van der Waals surface area contributed by atoms with Gasteiger partial charge in [0.2, 0.25) is 6.29 Å². The summed E-state index contributed by atoms with van der Waals surface area (Å²) in [5.74, 6) is -5.45. The van der Waals surface area contributed by atoms with Crippen LogP contribution in [0.2, 0.25) is 0 Å². The number of hydrogen-bond acceptors (Lipinski definition) is 12. The first-order valence-corrected chi connectivity index (χ1v) is 12.0. The molecule has 2 fully saturated rings. The molecule has 0 spiro atoms. The number of benzene rings is 1. The minimum Gasteiger partial charge on any atom is -0.478 e. The van der Waals surface area contributed by atoms with E-state index in [-0.39, 0.29) is 11.1 Å². The number of carbonyl (C=O) groups excluding carboxylic acids is 2. The lowest BCUT2D eigenvalue weighted by Crippen LogP contribution is -2.60. The zero-order valence-electron chi connectivity index (χ0n) is 20.5. The first-order valence-electron chi connectivity index (χ1n) is 12.0. The van der Waals surface area contributed by atoms with Crippen LogP contribution in [0, 0.1) is 17.8 Å². The van der Waals surface area contributed by atoms with E-state index >= 15 is 0 Å². The summed E-state index contributed by atoms with van der Waals surface area (Å²) < 4.78 is 28.0. The maximum atomic E-state index is 12.9. The molecule has 208 valence electrons. The van der Waals surface area contributed by atoms with E-state index in [1.54, 1.807) is 25.1 Å². The number of hydrogen-bond donors (Lipinski definition) is 5. The Morgan fingerprint density at radius 1 is 0.947 bits per heavy atom. The van der Waals surface area contributed by atoms with Crippen molar-refractivity contribution in [1.29, 1.82) is 0 Å². The Bertz CT molecular complexity index is 1060. The van der Waals surface area contributed by atoms with Gasteiger partial charge in [-0.1, -0.05) is 25.1 Å². The van der Waals surface area contributed by atoms with Crippen LogP contribution in [-0.2, 0) is 33.3 Å². The molecule has 0 amide bonds. The third kappa shape index (κ3) is 5.25. The maximum Gasteiger partial charge on any atom is 0.338 e. The number of aliphatic hydroxyl groups is 4. The van der Waals surface area contributed by atoms with Gasteiger partial charge in [0.15, 0.2) is 6.29 Å².